The third-order valence-corrected chi connectivity index (χ3v) is 4.17. The first kappa shape index (κ1) is 14.9. The molecule has 3 aromatic rings. The van der Waals surface area contributed by atoms with Crippen molar-refractivity contribution < 1.29 is 4.79 Å². The smallest absolute Gasteiger partial charge is 0.152 e. The summed E-state index contributed by atoms with van der Waals surface area (Å²) in [7, 11) is 0. The zero-order chi connectivity index (χ0) is 15.9. The van der Waals surface area contributed by atoms with Gasteiger partial charge in [0.15, 0.2) is 6.29 Å². The molecule has 0 aliphatic rings. The van der Waals surface area contributed by atoms with Crippen molar-refractivity contribution in [1.29, 1.82) is 0 Å². The Morgan fingerprint density at radius 2 is 1.86 bits per heavy atom. The molecular formula is C19H18ClNO. The molecule has 0 radical (unpaired) electrons. The molecule has 1 heterocycles. The summed E-state index contributed by atoms with van der Waals surface area (Å²) >= 11 is 6.07. The van der Waals surface area contributed by atoms with Gasteiger partial charge in [0.25, 0.3) is 0 Å². The van der Waals surface area contributed by atoms with Gasteiger partial charge in [-0.2, -0.15) is 0 Å². The predicted molar refractivity (Wildman–Crippen MR) is 92.8 cm³/mol. The quantitative estimate of drug-likeness (QED) is 0.614. The van der Waals surface area contributed by atoms with E-state index >= 15 is 0 Å². The van der Waals surface area contributed by atoms with Crippen LogP contribution < -0.4 is 0 Å². The predicted octanol–water partition coefficient (Wildman–Crippen LogP) is 5.60. The normalized spacial score (nSPS) is 11.8. The Labute approximate surface area is 135 Å². The number of H-pyrrole nitrogens is 1. The lowest BCUT2D eigenvalue weighted by Gasteiger charge is -2.18. The molecule has 1 N–H and O–H groups in total. The maximum absolute atomic E-state index is 11.7. The Morgan fingerprint density at radius 3 is 2.50 bits per heavy atom. The van der Waals surface area contributed by atoms with Crippen molar-refractivity contribution in [2.45, 2.75) is 26.2 Å². The second kappa shape index (κ2) is 5.29. The minimum atomic E-state index is 0.0435. The highest BCUT2D eigenvalue weighted by Crippen LogP contribution is 2.33. The van der Waals surface area contributed by atoms with E-state index in [-0.39, 0.29) is 5.41 Å². The minimum absolute atomic E-state index is 0.0435. The topological polar surface area (TPSA) is 32.9 Å². The second-order valence-corrected chi connectivity index (χ2v) is 6.99. The molecule has 0 fully saturated rings. The van der Waals surface area contributed by atoms with Gasteiger partial charge in [0.2, 0.25) is 0 Å². The van der Waals surface area contributed by atoms with Crippen LogP contribution >= 0.6 is 11.6 Å². The first-order valence-corrected chi connectivity index (χ1v) is 7.65. The number of aromatic nitrogens is 1. The summed E-state index contributed by atoms with van der Waals surface area (Å²) in [5.41, 5.74) is 4.64. The van der Waals surface area contributed by atoms with E-state index in [1.165, 1.54) is 5.56 Å². The maximum atomic E-state index is 11.7. The number of aromatic amines is 1. The number of aldehydes is 1. The van der Waals surface area contributed by atoms with Gasteiger partial charge in [0.1, 0.15) is 0 Å². The summed E-state index contributed by atoms with van der Waals surface area (Å²) in [4.78, 5) is 15.0. The summed E-state index contributed by atoms with van der Waals surface area (Å²) in [5, 5.41) is 1.61. The fourth-order valence-electron chi connectivity index (χ4n) is 2.67. The number of halogens is 1. The number of hydrogen-bond acceptors (Lipinski definition) is 1. The van der Waals surface area contributed by atoms with E-state index < -0.39 is 0 Å². The van der Waals surface area contributed by atoms with Crippen molar-refractivity contribution in [3.05, 3.63) is 58.6 Å². The average Bonchev–Trinajstić information content (AvgIpc) is 2.83. The van der Waals surface area contributed by atoms with Crippen LogP contribution in [0.5, 0.6) is 0 Å². The molecule has 0 amide bonds. The van der Waals surface area contributed by atoms with Gasteiger partial charge in [-0.1, -0.05) is 50.6 Å². The van der Waals surface area contributed by atoms with E-state index in [4.69, 9.17) is 11.6 Å². The lowest BCUT2D eigenvalue weighted by molar-refractivity contribution is 0.112. The first-order chi connectivity index (χ1) is 10.4. The molecule has 3 rings (SSSR count). The molecule has 112 valence electrons. The zero-order valence-electron chi connectivity index (χ0n) is 12.9. The van der Waals surface area contributed by atoms with Gasteiger partial charge >= 0.3 is 0 Å². The van der Waals surface area contributed by atoms with Gasteiger partial charge in [-0.05, 0) is 35.2 Å². The van der Waals surface area contributed by atoms with Crippen LogP contribution in [0.15, 0.2) is 42.5 Å². The Bertz CT molecular complexity index is 855. The highest BCUT2D eigenvalue weighted by Gasteiger charge is 2.18. The largest absolute Gasteiger partial charge is 0.354 e. The average molecular weight is 312 g/mol. The Hall–Kier alpha value is -2.06. The Morgan fingerprint density at radius 1 is 1.09 bits per heavy atom. The molecule has 2 nitrogen and oxygen atoms in total. The highest BCUT2D eigenvalue weighted by molar-refractivity contribution is 6.30. The summed E-state index contributed by atoms with van der Waals surface area (Å²) in [6.45, 7) is 6.50. The van der Waals surface area contributed by atoms with Gasteiger partial charge in [0.05, 0.1) is 5.69 Å². The lowest BCUT2D eigenvalue weighted by atomic mass is 9.86. The molecule has 1 aromatic heterocycles. The van der Waals surface area contributed by atoms with Crippen molar-refractivity contribution in [3.8, 4) is 11.3 Å². The molecule has 0 unspecified atom stereocenters. The van der Waals surface area contributed by atoms with Crippen LogP contribution in [-0.2, 0) is 5.41 Å². The van der Waals surface area contributed by atoms with E-state index in [0.717, 1.165) is 28.4 Å². The molecule has 2 aromatic carbocycles. The van der Waals surface area contributed by atoms with Crippen molar-refractivity contribution in [2.75, 3.05) is 0 Å². The van der Waals surface area contributed by atoms with Crippen molar-refractivity contribution in [1.82, 2.24) is 4.98 Å². The molecule has 0 spiro atoms. The van der Waals surface area contributed by atoms with E-state index in [2.05, 4.69) is 37.9 Å². The highest BCUT2D eigenvalue weighted by atomic mass is 35.5. The molecule has 0 saturated carbocycles. The number of carbonyl (C=O) groups excluding carboxylic acids is 1. The number of nitrogens with one attached hydrogen (secondary N) is 1. The molecule has 0 aliphatic heterocycles. The molecule has 0 aliphatic carbocycles. The SMILES string of the molecule is CC(C)(C)c1ccc2[nH]c(-c3cccc(Cl)c3)c(C=O)c2c1. The molecule has 0 saturated heterocycles. The third-order valence-electron chi connectivity index (χ3n) is 3.94. The van der Waals surface area contributed by atoms with Crippen LogP contribution in [0.4, 0.5) is 0 Å². The maximum Gasteiger partial charge on any atom is 0.152 e. The summed E-state index contributed by atoms with van der Waals surface area (Å²) < 4.78 is 0. The van der Waals surface area contributed by atoms with E-state index in [9.17, 15) is 4.79 Å². The molecule has 0 bridgehead atoms. The molecule has 22 heavy (non-hydrogen) atoms. The number of hydrogen-bond donors (Lipinski definition) is 1. The zero-order valence-corrected chi connectivity index (χ0v) is 13.7. The first-order valence-electron chi connectivity index (χ1n) is 7.27. The number of carbonyl (C=O) groups is 1. The molecule has 3 heteroatoms. The van der Waals surface area contributed by atoms with Gasteiger partial charge in [-0.25, -0.2) is 0 Å². The van der Waals surface area contributed by atoms with Crippen molar-refractivity contribution in [2.24, 2.45) is 0 Å². The summed E-state index contributed by atoms with van der Waals surface area (Å²) in [5.74, 6) is 0. The lowest BCUT2D eigenvalue weighted by Crippen LogP contribution is -2.10. The van der Waals surface area contributed by atoms with Crippen molar-refractivity contribution in [3.63, 3.8) is 0 Å². The van der Waals surface area contributed by atoms with Crippen LogP contribution in [0.1, 0.15) is 36.7 Å². The van der Waals surface area contributed by atoms with Crippen LogP contribution in [0.3, 0.4) is 0 Å². The van der Waals surface area contributed by atoms with Crippen LogP contribution in [0, 0.1) is 0 Å². The third kappa shape index (κ3) is 2.55. The number of fused-ring (bicyclic) bond motifs is 1. The van der Waals surface area contributed by atoms with Crippen LogP contribution in [-0.4, -0.2) is 11.3 Å². The summed E-state index contributed by atoms with van der Waals surface area (Å²) in [6.07, 6.45) is 0.918. The Balaban J connectivity index is 2.27. The van der Waals surface area contributed by atoms with Crippen molar-refractivity contribution >= 4 is 28.8 Å². The van der Waals surface area contributed by atoms with E-state index in [1.807, 2.05) is 30.3 Å². The van der Waals surface area contributed by atoms with E-state index in [1.54, 1.807) is 0 Å². The standard InChI is InChI=1S/C19H18ClNO/c1-19(2,3)13-7-8-17-15(10-13)16(11-22)18(21-17)12-5-4-6-14(20)9-12/h4-11,21H,1-3H3. The van der Waals surface area contributed by atoms with Gasteiger partial charge < -0.3 is 4.98 Å². The van der Waals surface area contributed by atoms with Gasteiger partial charge in [-0.15, -0.1) is 0 Å². The van der Waals surface area contributed by atoms with Crippen LogP contribution in [0.2, 0.25) is 5.02 Å². The second-order valence-electron chi connectivity index (χ2n) is 6.55. The summed E-state index contributed by atoms with van der Waals surface area (Å²) in [6, 6.07) is 13.8. The number of benzene rings is 2. The minimum Gasteiger partial charge on any atom is -0.354 e. The number of rotatable bonds is 2. The fourth-order valence-corrected chi connectivity index (χ4v) is 2.86. The van der Waals surface area contributed by atoms with Gasteiger partial charge in [-0.3, -0.25) is 4.79 Å². The molecular weight excluding hydrogens is 294 g/mol. The van der Waals surface area contributed by atoms with Gasteiger partial charge in [0, 0.05) is 27.1 Å². The Kier molecular flexibility index (Phi) is 3.57. The monoisotopic (exact) mass is 311 g/mol. The molecule has 0 atom stereocenters. The van der Waals surface area contributed by atoms with E-state index in [0.29, 0.717) is 10.6 Å². The van der Waals surface area contributed by atoms with Crippen LogP contribution in [0.25, 0.3) is 22.2 Å². The fraction of sp³-hybridized carbons (Fsp3) is 0.211.